The fourth-order valence-corrected chi connectivity index (χ4v) is 1.29. The second-order valence-electron chi connectivity index (χ2n) is 3.98. The van der Waals surface area contributed by atoms with E-state index in [1.165, 1.54) is 0 Å². The van der Waals surface area contributed by atoms with Gasteiger partial charge in [0.1, 0.15) is 0 Å². The van der Waals surface area contributed by atoms with Crippen LogP contribution in [0, 0.1) is 0 Å². The van der Waals surface area contributed by atoms with Crippen LogP contribution in [0.5, 0.6) is 0 Å². The summed E-state index contributed by atoms with van der Waals surface area (Å²) in [6.07, 6.45) is 1.07. The van der Waals surface area contributed by atoms with E-state index in [4.69, 9.17) is 4.74 Å². The summed E-state index contributed by atoms with van der Waals surface area (Å²) in [6, 6.07) is 0. The third kappa shape index (κ3) is 12.4. The highest BCUT2D eigenvalue weighted by Gasteiger charge is 1.99. The summed E-state index contributed by atoms with van der Waals surface area (Å²) in [4.78, 5) is 6.68. The molecule has 0 atom stereocenters. The van der Waals surface area contributed by atoms with E-state index in [0.29, 0.717) is 0 Å². The molecule has 6 heteroatoms. The van der Waals surface area contributed by atoms with E-state index in [1.807, 2.05) is 0 Å². The van der Waals surface area contributed by atoms with Crippen LogP contribution in [0.15, 0.2) is 4.99 Å². The Morgan fingerprint density at radius 2 is 1.94 bits per heavy atom. The molecule has 5 nitrogen and oxygen atoms in total. The Morgan fingerprint density at radius 1 is 1.22 bits per heavy atom. The minimum absolute atomic E-state index is 0. The van der Waals surface area contributed by atoms with E-state index in [9.17, 15) is 0 Å². The molecule has 0 spiro atoms. The maximum Gasteiger partial charge on any atom is 0.191 e. The summed E-state index contributed by atoms with van der Waals surface area (Å²) < 4.78 is 5.03. The minimum atomic E-state index is 0. The summed E-state index contributed by atoms with van der Waals surface area (Å²) in [7, 11) is 3.82. The van der Waals surface area contributed by atoms with Gasteiger partial charge < -0.3 is 20.3 Å². The van der Waals surface area contributed by atoms with Crippen LogP contribution in [-0.2, 0) is 4.74 Å². The van der Waals surface area contributed by atoms with Crippen LogP contribution < -0.4 is 10.6 Å². The number of methoxy groups -OCH3 is 1. The standard InChI is InChI=1S/C12H28N4O.HI/c1-5-7-14-12(13-6-2)15-8-9-16(3)10-11-17-4;/h5-11H2,1-4H3,(H2,13,14,15);1H. The Morgan fingerprint density at radius 3 is 2.50 bits per heavy atom. The molecule has 0 heterocycles. The molecule has 0 rings (SSSR count). The van der Waals surface area contributed by atoms with E-state index in [2.05, 4.69) is 41.4 Å². The van der Waals surface area contributed by atoms with Crippen molar-refractivity contribution in [3.05, 3.63) is 0 Å². The van der Waals surface area contributed by atoms with Crippen LogP contribution in [0.4, 0.5) is 0 Å². The molecule has 0 aliphatic carbocycles. The van der Waals surface area contributed by atoms with Gasteiger partial charge in [0.2, 0.25) is 0 Å². The molecule has 0 saturated carbocycles. The molecule has 0 aromatic heterocycles. The van der Waals surface area contributed by atoms with Crippen molar-refractivity contribution in [3.8, 4) is 0 Å². The highest BCUT2D eigenvalue weighted by molar-refractivity contribution is 14.0. The van der Waals surface area contributed by atoms with E-state index in [0.717, 1.165) is 51.7 Å². The highest BCUT2D eigenvalue weighted by atomic mass is 127. The van der Waals surface area contributed by atoms with E-state index in [1.54, 1.807) is 7.11 Å². The van der Waals surface area contributed by atoms with Crippen molar-refractivity contribution in [3.63, 3.8) is 0 Å². The molecule has 0 bridgehead atoms. The summed E-state index contributed by atoms with van der Waals surface area (Å²) in [5.41, 5.74) is 0. The Kier molecular flexibility index (Phi) is 16.8. The van der Waals surface area contributed by atoms with Gasteiger partial charge in [0.25, 0.3) is 0 Å². The van der Waals surface area contributed by atoms with Crippen molar-refractivity contribution in [2.45, 2.75) is 20.3 Å². The molecule has 0 aromatic carbocycles. The second kappa shape index (κ2) is 15.0. The summed E-state index contributed by atoms with van der Waals surface area (Å²) in [5, 5.41) is 6.55. The predicted octanol–water partition coefficient (Wildman–Crippen LogP) is 1.15. The van der Waals surface area contributed by atoms with Gasteiger partial charge in [-0.05, 0) is 20.4 Å². The molecule has 18 heavy (non-hydrogen) atoms. The Hall–Kier alpha value is -0.0800. The molecular weight excluding hydrogens is 343 g/mol. The molecule has 110 valence electrons. The maximum absolute atomic E-state index is 5.03. The van der Waals surface area contributed by atoms with Gasteiger partial charge in [0.05, 0.1) is 6.61 Å². The topological polar surface area (TPSA) is 48.9 Å². The molecule has 0 unspecified atom stereocenters. The predicted molar refractivity (Wildman–Crippen MR) is 89.1 cm³/mol. The maximum atomic E-state index is 5.03. The number of guanidine groups is 1. The number of halogens is 1. The first-order valence-corrected chi connectivity index (χ1v) is 6.44. The van der Waals surface area contributed by atoms with Crippen molar-refractivity contribution in [2.75, 3.05) is 53.5 Å². The highest BCUT2D eigenvalue weighted by Crippen LogP contribution is 1.82. The molecule has 0 radical (unpaired) electrons. The second-order valence-corrected chi connectivity index (χ2v) is 3.98. The Labute approximate surface area is 129 Å². The zero-order valence-corrected chi connectivity index (χ0v) is 14.5. The number of hydrogen-bond donors (Lipinski definition) is 2. The molecule has 0 aromatic rings. The lowest BCUT2D eigenvalue weighted by Gasteiger charge is -2.17. The smallest absolute Gasteiger partial charge is 0.191 e. The Bertz CT molecular complexity index is 203. The number of nitrogens with one attached hydrogen (secondary N) is 2. The third-order valence-corrected chi connectivity index (χ3v) is 2.30. The zero-order valence-electron chi connectivity index (χ0n) is 12.2. The van der Waals surface area contributed by atoms with Crippen molar-refractivity contribution in [1.29, 1.82) is 0 Å². The number of nitrogens with zero attached hydrogens (tertiary/aromatic N) is 2. The lowest BCUT2D eigenvalue weighted by Crippen LogP contribution is -2.41. The molecule has 0 aliphatic rings. The minimum Gasteiger partial charge on any atom is -0.383 e. The SMILES string of the molecule is CCCN=C(NCC)NCCN(C)CCOC.I. The monoisotopic (exact) mass is 372 g/mol. The lowest BCUT2D eigenvalue weighted by molar-refractivity contribution is 0.162. The van der Waals surface area contributed by atoms with Crippen LogP contribution in [0.25, 0.3) is 0 Å². The van der Waals surface area contributed by atoms with Crippen molar-refractivity contribution in [2.24, 2.45) is 4.99 Å². The lowest BCUT2D eigenvalue weighted by atomic mass is 10.5. The largest absolute Gasteiger partial charge is 0.383 e. The number of aliphatic imine (C=N–C) groups is 1. The van der Waals surface area contributed by atoms with Gasteiger partial charge in [-0.25, -0.2) is 0 Å². The molecule has 0 fully saturated rings. The van der Waals surface area contributed by atoms with Crippen LogP contribution >= 0.6 is 24.0 Å². The van der Waals surface area contributed by atoms with Crippen LogP contribution in [0.3, 0.4) is 0 Å². The van der Waals surface area contributed by atoms with Gasteiger partial charge in [-0.15, -0.1) is 24.0 Å². The average Bonchev–Trinajstić information content (AvgIpc) is 2.33. The number of hydrogen-bond acceptors (Lipinski definition) is 3. The fraction of sp³-hybridized carbons (Fsp3) is 0.917. The van der Waals surface area contributed by atoms with E-state index >= 15 is 0 Å². The first-order valence-electron chi connectivity index (χ1n) is 6.44. The normalized spacial score (nSPS) is 11.3. The Balaban J connectivity index is 0. The zero-order chi connectivity index (χ0) is 12.9. The first kappa shape index (κ1) is 20.2. The summed E-state index contributed by atoms with van der Waals surface area (Å²) in [6.45, 7) is 9.60. The molecule has 0 saturated heterocycles. The van der Waals surface area contributed by atoms with Crippen molar-refractivity contribution < 1.29 is 4.74 Å². The summed E-state index contributed by atoms with van der Waals surface area (Å²) >= 11 is 0. The van der Waals surface area contributed by atoms with Gasteiger partial charge >= 0.3 is 0 Å². The van der Waals surface area contributed by atoms with Crippen LogP contribution in [-0.4, -0.2) is 64.3 Å². The van der Waals surface area contributed by atoms with Crippen LogP contribution in [0.2, 0.25) is 0 Å². The third-order valence-electron chi connectivity index (χ3n) is 2.30. The van der Waals surface area contributed by atoms with E-state index in [-0.39, 0.29) is 24.0 Å². The quantitative estimate of drug-likeness (QED) is 0.362. The van der Waals surface area contributed by atoms with Gasteiger partial charge in [0.15, 0.2) is 5.96 Å². The van der Waals surface area contributed by atoms with Gasteiger partial charge in [-0.1, -0.05) is 6.92 Å². The van der Waals surface area contributed by atoms with Gasteiger partial charge in [-0.3, -0.25) is 4.99 Å². The van der Waals surface area contributed by atoms with E-state index < -0.39 is 0 Å². The number of ether oxygens (including phenoxy) is 1. The first-order chi connectivity index (χ1) is 8.24. The average molecular weight is 372 g/mol. The summed E-state index contributed by atoms with van der Waals surface area (Å²) in [5.74, 6) is 0.912. The van der Waals surface area contributed by atoms with Crippen LogP contribution in [0.1, 0.15) is 20.3 Å². The molecule has 0 amide bonds. The fourth-order valence-electron chi connectivity index (χ4n) is 1.29. The molecular formula is C12H29IN4O. The molecule has 0 aliphatic heterocycles. The number of likely N-dealkylation sites (N-methyl/N-ethyl adjacent to an activating group) is 1. The van der Waals surface area contributed by atoms with Gasteiger partial charge in [0, 0.05) is 39.8 Å². The van der Waals surface area contributed by atoms with Gasteiger partial charge in [-0.2, -0.15) is 0 Å². The van der Waals surface area contributed by atoms with Crippen molar-refractivity contribution >= 4 is 29.9 Å². The van der Waals surface area contributed by atoms with Crippen molar-refractivity contribution in [1.82, 2.24) is 15.5 Å². The number of rotatable bonds is 9. The molecule has 2 N–H and O–H groups in total.